The molecule has 1 fully saturated rings. The molecule has 0 radical (unpaired) electrons. The van der Waals surface area contributed by atoms with E-state index < -0.39 is 35.5 Å². The summed E-state index contributed by atoms with van der Waals surface area (Å²) in [4.78, 5) is 26.1. The highest BCUT2D eigenvalue weighted by atomic mass is 32.1. The average molecular weight is 649 g/mol. The van der Waals surface area contributed by atoms with Crippen LogP contribution in [0.5, 0.6) is 0 Å². The van der Waals surface area contributed by atoms with Crippen LogP contribution < -0.4 is 10.0 Å². The standard InChI is InChI=1S/C30H29F4N3O2.CH5NS.CH2O2/c1-16-23(19-6-4-18(5-7-19)20-8-11-28-27(12-20)35-17(2)37(28)3)14-22(38)15-24(16)29(39)36-26-10-9-21(13-25(26)31)30(32,33)34;1-2-3;2-1-3/h4-13,16,22-24,38H,14-15H2,1-3H3,(H,36,39);2-3H,1H3;1H,(H,2,3)/t16-,22?,23?,24?;;/m1../s1. The molecule has 1 saturated carbocycles. The van der Waals surface area contributed by atoms with Crippen LogP contribution in [0.4, 0.5) is 23.2 Å². The maximum absolute atomic E-state index is 14.3. The van der Waals surface area contributed by atoms with Gasteiger partial charge in [-0.1, -0.05) is 50.1 Å². The van der Waals surface area contributed by atoms with Gasteiger partial charge < -0.3 is 20.1 Å². The van der Waals surface area contributed by atoms with E-state index in [0.29, 0.717) is 12.5 Å². The van der Waals surface area contributed by atoms with Crippen LogP contribution >= 0.6 is 12.8 Å². The molecule has 1 heterocycles. The zero-order valence-corrected chi connectivity index (χ0v) is 26.0. The first-order valence-corrected chi connectivity index (χ1v) is 14.5. The highest BCUT2D eigenvalue weighted by Gasteiger charge is 2.39. The Morgan fingerprint density at radius 1 is 1.07 bits per heavy atom. The van der Waals surface area contributed by atoms with E-state index in [1.165, 1.54) is 0 Å². The number of imidazole rings is 1. The summed E-state index contributed by atoms with van der Waals surface area (Å²) >= 11 is 3.54. The molecule has 3 aromatic carbocycles. The summed E-state index contributed by atoms with van der Waals surface area (Å²) in [5.41, 5.74) is 3.54. The Bertz CT molecular complexity index is 1610. The summed E-state index contributed by atoms with van der Waals surface area (Å²) in [5.74, 6) is -1.72. The van der Waals surface area contributed by atoms with E-state index in [1.807, 2.05) is 67.9 Å². The summed E-state index contributed by atoms with van der Waals surface area (Å²) in [6.45, 7) is 3.62. The maximum Gasteiger partial charge on any atom is 0.416 e. The van der Waals surface area contributed by atoms with Crippen LogP contribution in [-0.2, 0) is 22.8 Å². The lowest BCUT2D eigenvalue weighted by Crippen LogP contribution is -2.39. The molecule has 4 N–H and O–H groups in total. The SMILES string of the molecule is CNS.Cc1nc2cc(-c3ccc(C4CC(O)CC(C(=O)Nc5ccc(C(F)(F)F)cc5F)[C@@H]4C)cc3)ccc2n1C.O=CO. The quantitative estimate of drug-likeness (QED) is 0.0970. The molecule has 1 amide bonds. The minimum Gasteiger partial charge on any atom is -0.483 e. The number of fused-ring (bicyclic) bond motifs is 1. The smallest absolute Gasteiger partial charge is 0.416 e. The molecule has 1 aliphatic rings. The van der Waals surface area contributed by atoms with E-state index in [0.717, 1.165) is 45.7 Å². The van der Waals surface area contributed by atoms with Crippen molar-refractivity contribution in [2.75, 3.05) is 12.4 Å². The number of rotatable bonds is 4. The summed E-state index contributed by atoms with van der Waals surface area (Å²) in [6.07, 6.45) is -4.77. The minimum absolute atomic E-state index is 0.128. The van der Waals surface area contributed by atoms with Gasteiger partial charge in [0.1, 0.15) is 11.6 Å². The lowest BCUT2D eigenvalue weighted by atomic mass is 9.68. The van der Waals surface area contributed by atoms with E-state index in [9.17, 15) is 27.5 Å². The fourth-order valence-electron chi connectivity index (χ4n) is 5.62. The van der Waals surface area contributed by atoms with E-state index in [1.54, 1.807) is 7.05 Å². The number of halogens is 4. The Labute approximate surface area is 264 Å². The average Bonchev–Trinajstić information content (AvgIpc) is 3.27. The third kappa shape index (κ3) is 8.62. The second-order valence-electron chi connectivity index (χ2n) is 10.8. The summed E-state index contributed by atoms with van der Waals surface area (Å²) in [7, 11) is 3.72. The molecule has 0 saturated heterocycles. The zero-order valence-electron chi connectivity index (χ0n) is 25.1. The van der Waals surface area contributed by atoms with E-state index in [4.69, 9.17) is 9.90 Å². The molecule has 0 aliphatic heterocycles. The number of carbonyl (C=O) groups is 2. The number of hydrogen-bond acceptors (Lipinski definition) is 6. The number of carbonyl (C=O) groups excluding carboxylic acids is 1. The molecular weight excluding hydrogens is 612 g/mol. The van der Waals surface area contributed by atoms with Crippen LogP contribution in [-0.4, -0.2) is 45.3 Å². The monoisotopic (exact) mass is 648 g/mol. The van der Waals surface area contributed by atoms with Gasteiger partial charge in [0.15, 0.2) is 0 Å². The molecular formula is C32H36F4N4O4S. The predicted octanol–water partition coefficient (Wildman–Crippen LogP) is 6.59. The molecule has 8 nitrogen and oxygen atoms in total. The third-order valence-corrected chi connectivity index (χ3v) is 7.99. The second kappa shape index (κ2) is 15.4. The molecule has 242 valence electrons. The molecule has 0 bridgehead atoms. The van der Waals surface area contributed by atoms with Gasteiger partial charge in [0.25, 0.3) is 6.47 Å². The van der Waals surface area contributed by atoms with Crippen molar-refractivity contribution >= 4 is 41.9 Å². The molecule has 4 aromatic rings. The van der Waals surface area contributed by atoms with Gasteiger partial charge in [-0.05, 0) is 85.7 Å². The summed E-state index contributed by atoms with van der Waals surface area (Å²) in [5, 5.41) is 19.9. The van der Waals surface area contributed by atoms with E-state index in [-0.39, 0.29) is 30.4 Å². The number of aliphatic hydroxyl groups is 1. The number of carboxylic acid groups (broad SMARTS) is 1. The van der Waals surface area contributed by atoms with E-state index in [2.05, 4.69) is 27.8 Å². The van der Waals surface area contributed by atoms with Gasteiger partial charge in [0.2, 0.25) is 5.91 Å². The zero-order chi connectivity index (χ0) is 33.5. The number of amides is 1. The first-order valence-electron chi connectivity index (χ1n) is 14.0. The van der Waals surface area contributed by atoms with Crippen LogP contribution in [0.2, 0.25) is 0 Å². The van der Waals surface area contributed by atoms with Crippen LogP contribution in [0.1, 0.15) is 42.6 Å². The van der Waals surface area contributed by atoms with Crippen LogP contribution in [0, 0.1) is 24.6 Å². The number of nitrogens with one attached hydrogen (secondary N) is 2. The van der Waals surface area contributed by atoms with Gasteiger partial charge in [-0.15, -0.1) is 0 Å². The number of thiol groups is 1. The Morgan fingerprint density at radius 2 is 1.67 bits per heavy atom. The number of nitrogens with zero attached hydrogens (tertiary/aromatic N) is 2. The van der Waals surface area contributed by atoms with Crippen molar-refractivity contribution in [1.82, 2.24) is 14.3 Å². The van der Waals surface area contributed by atoms with Crippen molar-refractivity contribution in [2.24, 2.45) is 18.9 Å². The largest absolute Gasteiger partial charge is 0.483 e. The highest BCUT2D eigenvalue weighted by molar-refractivity contribution is 7.78. The highest BCUT2D eigenvalue weighted by Crippen LogP contribution is 2.42. The fraction of sp³-hybridized carbons (Fsp3) is 0.344. The Balaban J connectivity index is 0.000000853. The van der Waals surface area contributed by atoms with Crippen LogP contribution in [0.25, 0.3) is 22.2 Å². The normalized spacial score (nSPS) is 19.5. The van der Waals surface area contributed by atoms with Crippen LogP contribution in [0.3, 0.4) is 0 Å². The summed E-state index contributed by atoms with van der Waals surface area (Å²) < 4.78 is 57.4. The van der Waals surface area contributed by atoms with Gasteiger partial charge in [-0.25, -0.2) is 9.37 Å². The van der Waals surface area contributed by atoms with Crippen LogP contribution in [0.15, 0.2) is 60.7 Å². The molecule has 13 heteroatoms. The predicted molar refractivity (Wildman–Crippen MR) is 168 cm³/mol. The number of aromatic nitrogens is 2. The van der Waals surface area contributed by atoms with Crippen molar-refractivity contribution in [1.29, 1.82) is 0 Å². The number of hydrogen-bond donors (Lipinski definition) is 5. The molecule has 1 aromatic heterocycles. The van der Waals surface area contributed by atoms with E-state index >= 15 is 0 Å². The van der Waals surface area contributed by atoms with Crippen molar-refractivity contribution < 1.29 is 37.4 Å². The van der Waals surface area contributed by atoms with Gasteiger partial charge in [-0.2, -0.15) is 13.2 Å². The van der Waals surface area contributed by atoms with Crippen molar-refractivity contribution in [2.45, 2.75) is 44.9 Å². The molecule has 0 spiro atoms. The minimum atomic E-state index is -4.68. The number of aliphatic hydroxyl groups excluding tert-OH is 1. The molecule has 45 heavy (non-hydrogen) atoms. The first kappa shape index (κ1) is 35.5. The van der Waals surface area contributed by atoms with Crippen molar-refractivity contribution in [3.05, 3.63) is 83.4 Å². The Kier molecular flexibility index (Phi) is 12.1. The van der Waals surface area contributed by atoms with Crippen molar-refractivity contribution in [3.63, 3.8) is 0 Å². The number of benzene rings is 3. The fourth-order valence-corrected chi connectivity index (χ4v) is 5.62. The lowest BCUT2D eigenvalue weighted by molar-refractivity contribution is -0.137. The van der Waals surface area contributed by atoms with Gasteiger partial charge in [0, 0.05) is 13.0 Å². The topological polar surface area (TPSA) is 116 Å². The third-order valence-electron chi connectivity index (χ3n) is 7.99. The molecule has 4 atom stereocenters. The lowest BCUT2D eigenvalue weighted by Gasteiger charge is -2.38. The van der Waals surface area contributed by atoms with Gasteiger partial charge in [-0.3, -0.25) is 14.3 Å². The van der Waals surface area contributed by atoms with Gasteiger partial charge in [0.05, 0.1) is 28.4 Å². The number of alkyl halides is 3. The second-order valence-corrected chi connectivity index (χ2v) is 11.2. The Hall–Kier alpha value is -3.94. The number of anilines is 1. The van der Waals surface area contributed by atoms with Crippen molar-refractivity contribution in [3.8, 4) is 11.1 Å². The maximum atomic E-state index is 14.3. The molecule has 3 unspecified atom stereocenters. The molecule has 5 rings (SSSR count). The molecule has 1 aliphatic carbocycles. The summed E-state index contributed by atoms with van der Waals surface area (Å²) in [6, 6.07) is 16.2. The first-order chi connectivity index (χ1) is 21.2. The Morgan fingerprint density at radius 3 is 2.24 bits per heavy atom. The van der Waals surface area contributed by atoms with Gasteiger partial charge >= 0.3 is 6.18 Å². The number of aryl methyl sites for hydroxylation is 2.